The molecular formula is C16H17N3O. The third-order valence-electron chi connectivity index (χ3n) is 3.23. The van der Waals surface area contributed by atoms with E-state index < -0.39 is 0 Å². The zero-order chi connectivity index (χ0) is 13.8. The molecule has 0 aliphatic heterocycles. The molecule has 0 saturated carbocycles. The van der Waals surface area contributed by atoms with Crippen LogP contribution in [-0.4, -0.2) is 16.7 Å². The molecule has 102 valence electrons. The van der Waals surface area contributed by atoms with Crippen molar-refractivity contribution in [1.29, 1.82) is 0 Å². The Morgan fingerprint density at radius 1 is 1.10 bits per heavy atom. The van der Waals surface area contributed by atoms with E-state index in [1.807, 2.05) is 6.92 Å². The van der Waals surface area contributed by atoms with Gasteiger partial charge in [0.1, 0.15) is 0 Å². The summed E-state index contributed by atoms with van der Waals surface area (Å²) < 4.78 is 5.07. The second kappa shape index (κ2) is 5.84. The van der Waals surface area contributed by atoms with Gasteiger partial charge in [-0.1, -0.05) is 41.6 Å². The summed E-state index contributed by atoms with van der Waals surface area (Å²) in [6.45, 7) is 3.50. The molecule has 1 aromatic heterocycles. The zero-order valence-corrected chi connectivity index (χ0v) is 11.5. The lowest BCUT2D eigenvalue weighted by atomic mass is 10.1. The molecule has 0 aliphatic carbocycles. The van der Waals surface area contributed by atoms with Crippen molar-refractivity contribution < 1.29 is 4.52 Å². The third kappa shape index (κ3) is 3.03. The van der Waals surface area contributed by atoms with E-state index in [-0.39, 0.29) is 0 Å². The smallest absolute Gasteiger partial charge is 0.227 e. The Kier molecular flexibility index (Phi) is 3.74. The minimum absolute atomic E-state index is 0.688. The average Bonchev–Trinajstić information content (AvgIpc) is 2.89. The van der Waals surface area contributed by atoms with Crippen molar-refractivity contribution in [2.45, 2.75) is 19.9 Å². The molecule has 0 aliphatic rings. The monoisotopic (exact) mass is 267 g/mol. The molecule has 0 atom stereocenters. The van der Waals surface area contributed by atoms with Crippen LogP contribution in [0.2, 0.25) is 0 Å². The van der Waals surface area contributed by atoms with Crippen LogP contribution in [0.4, 0.5) is 0 Å². The summed E-state index contributed by atoms with van der Waals surface area (Å²) in [7, 11) is 0. The quantitative estimate of drug-likeness (QED) is 0.722. The molecule has 0 radical (unpaired) electrons. The molecule has 1 heterocycles. The second-order valence-electron chi connectivity index (χ2n) is 4.84. The SMILES string of the molecule is Cc1noc(CCNCc2ccc3ccccc3c2)n1. The van der Waals surface area contributed by atoms with E-state index in [0.29, 0.717) is 11.7 Å². The standard InChI is InChI=1S/C16H17N3O/c1-12-18-16(20-19-12)8-9-17-11-13-6-7-14-4-2-3-5-15(14)10-13/h2-7,10,17H,8-9,11H2,1H3. The van der Waals surface area contributed by atoms with E-state index in [0.717, 1.165) is 19.5 Å². The van der Waals surface area contributed by atoms with E-state index in [1.165, 1.54) is 16.3 Å². The normalized spacial score (nSPS) is 11.1. The number of fused-ring (bicyclic) bond motifs is 1. The predicted octanol–water partition coefficient (Wildman–Crippen LogP) is 2.86. The number of hydrogen-bond donors (Lipinski definition) is 1. The summed E-state index contributed by atoms with van der Waals surface area (Å²) in [6, 6.07) is 14.9. The van der Waals surface area contributed by atoms with Gasteiger partial charge in [-0.15, -0.1) is 0 Å². The molecule has 3 aromatic rings. The first kappa shape index (κ1) is 12.8. The highest BCUT2D eigenvalue weighted by Gasteiger charge is 2.02. The van der Waals surface area contributed by atoms with Crippen LogP contribution in [0, 0.1) is 6.92 Å². The maximum absolute atomic E-state index is 5.07. The average molecular weight is 267 g/mol. The summed E-state index contributed by atoms with van der Waals surface area (Å²) in [6.07, 6.45) is 0.758. The van der Waals surface area contributed by atoms with E-state index in [1.54, 1.807) is 0 Å². The minimum Gasteiger partial charge on any atom is -0.339 e. The van der Waals surface area contributed by atoms with E-state index in [4.69, 9.17) is 4.52 Å². The Labute approximate surface area is 117 Å². The first-order valence-electron chi connectivity index (χ1n) is 6.79. The third-order valence-corrected chi connectivity index (χ3v) is 3.23. The van der Waals surface area contributed by atoms with Crippen LogP contribution in [0.1, 0.15) is 17.3 Å². The molecule has 0 fully saturated rings. The fourth-order valence-electron chi connectivity index (χ4n) is 2.22. The molecule has 20 heavy (non-hydrogen) atoms. The van der Waals surface area contributed by atoms with Crippen LogP contribution in [-0.2, 0) is 13.0 Å². The zero-order valence-electron chi connectivity index (χ0n) is 11.5. The van der Waals surface area contributed by atoms with Crippen LogP contribution < -0.4 is 5.32 Å². The summed E-state index contributed by atoms with van der Waals surface area (Å²) >= 11 is 0. The fraction of sp³-hybridized carbons (Fsp3) is 0.250. The first-order valence-corrected chi connectivity index (χ1v) is 6.79. The largest absolute Gasteiger partial charge is 0.339 e. The Morgan fingerprint density at radius 3 is 2.75 bits per heavy atom. The minimum atomic E-state index is 0.688. The van der Waals surface area contributed by atoms with Gasteiger partial charge in [0.25, 0.3) is 0 Å². The molecule has 3 rings (SSSR count). The van der Waals surface area contributed by atoms with Crippen LogP contribution in [0.5, 0.6) is 0 Å². The molecule has 0 saturated heterocycles. The van der Waals surface area contributed by atoms with Gasteiger partial charge in [0.15, 0.2) is 5.82 Å². The highest BCUT2D eigenvalue weighted by molar-refractivity contribution is 5.82. The lowest BCUT2D eigenvalue weighted by Gasteiger charge is -2.05. The molecule has 0 spiro atoms. The number of nitrogens with one attached hydrogen (secondary N) is 1. The van der Waals surface area contributed by atoms with Gasteiger partial charge in [0, 0.05) is 19.5 Å². The van der Waals surface area contributed by atoms with Crippen molar-refractivity contribution in [3.8, 4) is 0 Å². The number of benzene rings is 2. The summed E-state index contributed by atoms with van der Waals surface area (Å²) in [5.74, 6) is 1.38. The van der Waals surface area contributed by atoms with Crippen LogP contribution in [0.3, 0.4) is 0 Å². The molecule has 4 nitrogen and oxygen atoms in total. The van der Waals surface area contributed by atoms with Crippen LogP contribution >= 0.6 is 0 Å². The summed E-state index contributed by atoms with van der Waals surface area (Å²) in [5, 5.41) is 9.72. The van der Waals surface area contributed by atoms with Gasteiger partial charge < -0.3 is 9.84 Å². The Morgan fingerprint density at radius 2 is 1.95 bits per heavy atom. The van der Waals surface area contributed by atoms with Crippen molar-refractivity contribution in [2.75, 3.05) is 6.54 Å². The van der Waals surface area contributed by atoms with Crippen molar-refractivity contribution in [2.24, 2.45) is 0 Å². The molecule has 2 aromatic carbocycles. The number of aromatic nitrogens is 2. The van der Waals surface area contributed by atoms with Gasteiger partial charge in [-0.3, -0.25) is 0 Å². The maximum atomic E-state index is 5.07. The Balaban J connectivity index is 1.54. The molecular weight excluding hydrogens is 250 g/mol. The molecule has 0 amide bonds. The van der Waals surface area contributed by atoms with Gasteiger partial charge in [-0.05, 0) is 29.3 Å². The number of rotatable bonds is 5. The highest BCUT2D eigenvalue weighted by atomic mass is 16.5. The van der Waals surface area contributed by atoms with Gasteiger partial charge in [-0.25, -0.2) is 0 Å². The van der Waals surface area contributed by atoms with Crippen LogP contribution in [0.15, 0.2) is 47.0 Å². The van der Waals surface area contributed by atoms with Gasteiger partial charge >= 0.3 is 0 Å². The van der Waals surface area contributed by atoms with E-state index in [2.05, 4.69) is 57.9 Å². The predicted molar refractivity (Wildman–Crippen MR) is 78.4 cm³/mol. The summed E-state index contributed by atoms with van der Waals surface area (Å²) in [4.78, 5) is 4.18. The van der Waals surface area contributed by atoms with Crippen molar-refractivity contribution in [3.05, 3.63) is 59.7 Å². The van der Waals surface area contributed by atoms with E-state index in [9.17, 15) is 0 Å². The number of aryl methyl sites for hydroxylation is 1. The van der Waals surface area contributed by atoms with Crippen molar-refractivity contribution >= 4 is 10.8 Å². The Hall–Kier alpha value is -2.20. The van der Waals surface area contributed by atoms with Gasteiger partial charge in [-0.2, -0.15) is 4.98 Å². The van der Waals surface area contributed by atoms with Crippen LogP contribution in [0.25, 0.3) is 10.8 Å². The van der Waals surface area contributed by atoms with Gasteiger partial charge in [0.05, 0.1) is 0 Å². The molecule has 4 heteroatoms. The van der Waals surface area contributed by atoms with Crippen molar-refractivity contribution in [3.63, 3.8) is 0 Å². The second-order valence-corrected chi connectivity index (χ2v) is 4.84. The maximum Gasteiger partial charge on any atom is 0.227 e. The fourth-order valence-corrected chi connectivity index (χ4v) is 2.22. The number of hydrogen-bond acceptors (Lipinski definition) is 4. The first-order chi connectivity index (χ1) is 9.81. The molecule has 1 N–H and O–H groups in total. The number of nitrogens with zero attached hydrogens (tertiary/aromatic N) is 2. The topological polar surface area (TPSA) is 51.0 Å². The lowest BCUT2D eigenvalue weighted by molar-refractivity contribution is 0.372. The van der Waals surface area contributed by atoms with E-state index >= 15 is 0 Å². The summed E-state index contributed by atoms with van der Waals surface area (Å²) in [5.41, 5.74) is 1.28. The van der Waals surface area contributed by atoms with Gasteiger partial charge in [0.2, 0.25) is 5.89 Å². The Bertz CT molecular complexity index is 706. The lowest BCUT2D eigenvalue weighted by Crippen LogP contribution is -2.16. The van der Waals surface area contributed by atoms with Crippen molar-refractivity contribution in [1.82, 2.24) is 15.5 Å². The molecule has 0 unspecified atom stereocenters. The highest BCUT2D eigenvalue weighted by Crippen LogP contribution is 2.15. The molecule has 0 bridgehead atoms.